The smallest absolute Gasteiger partial charge is 0.248 e. The molecule has 1 amide bonds. The zero-order valence-electron chi connectivity index (χ0n) is 19.4. The fraction of sp³-hybridized carbons (Fsp3) is 0.280. The first-order valence-electron chi connectivity index (χ1n) is 11.5. The highest BCUT2D eigenvalue weighted by Gasteiger charge is 2.41. The van der Waals surface area contributed by atoms with Gasteiger partial charge in [0.15, 0.2) is 0 Å². The molecule has 0 saturated heterocycles. The van der Waals surface area contributed by atoms with Gasteiger partial charge in [0.05, 0.1) is 33.6 Å². The van der Waals surface area contributed by atoms with Crippen molar-refractivity contribution in [2.24, 2.45) is 11.7 Å². The predicted octanol–water partition coefficient (Wildman–Crippen LogP) is 2.42. The summed E-state index contributed by atoms with van der Waals surface area (Å²) >= 11 is 1.50. The van der Waals surface area contributed by atoms with E-state index in [2.05, 4.69) is 20.6 Å². The van der Waals surface area contributed by atoms with E-state index in [1.165, 1.54) is 11.3 Å². The van der Waals surface area contributed by atoms with Crippen LogP contribution in [0.4, 0.5) is 17.5 Å². The maximum Gasteiger partial charge on any atom is 0.248 e. The van der Waals surface area contributed by atoms with Crippen LogP contribution in [0.2, 0.25) is 0 Å². The van der Waals surface area contributed by atoms with Crippen molar-refractivity contribution in [3.63, 3.8) is 0 Å². The van der Waals surface area contributed by atoms with Gasteiger partial charge in [-0.3, -0.25) is 4.79 Å². The number of hydrogen-bond acceptors (Lipinski definition) is 10. The van der Waals surface area contributed by atoms with Crippen molar-refractivity contribution < 1.29 is 20.1 Å². The third-order valence-electron chi connectivity index (χ3n) is 6.36. The van der Waals surface area contributed by atoms with E-state index in [1.807, 2.05) is 31.2 Å². The summed E-state index contributed by atoms with van der Waals surface area (Å²) in [6.45, 7) is 1.61. The number of carbonyl (C=O) groups excluding carboxylic acids is 1. The predicted molar refractivity (Wildman–Crippen MR) is 138 cm³/mol. The van der Waals surface area contributed by atoms with E-state index in [-0.39, 0.29) is 12.6 Å². The summed E-state index contributed by atoms with van der Waals surface area (Å²) in [5.74, 6) is -0.282. The highest BCUT2D eigenvalue weighted by Crippen LogP contribution is 2.38. The summed E-state index contributed by atoms with van der Waals surface area (Å²) in [6.07, 6.45) is -1.76. The molecule has 0 radical (unpaired) electrons. The van der Waals surface area contributed by atoms with Crippen LogP contribution in [-0.2, 0) is 0 Å². The van der Waals surface area contributed by atoms with Crippen LogP contribution in [0.5, 0.6) is 0 Å². The molecule has 1 fully saturated rings. The van der Waals surface area contributed by atoms with Crippen molar-refractivity contribution in [2.75, 3.05) is 17.2 Å². The molecule has 1 aliphatic carbocycles. The van der Waals surface area contributed by atoms with Gasteiger partial charge in [-0.15, -0.1) is 11.3 Å². The van der Waals surface area contributed by atoms with Gasteiger partial charge in [0.1, 0.15) is 16.9 Å². The van der Waals surface area contributed by atoms with Crippen molar-refractivity contribution >= 4 is 44.9 Å². The molecule has 1 aliphatic rings. The van der Waals surface area contributed by atoms with Crippen molar-refractivity contribution in [1.82, 2.24) is 15.0 Å². The molecule has 2 aromatic carbocycles. The van der Waals surface area contributed by atoms with E-state index >= 15 is 0 Å². The number of para-hydroxylation sites is 1. The lowest BCUT2D eigenvalue weighted by atomic mass is 10.1. The number of nitrogens with one attached hydrogen (secondary N) is 2. The topological polar surface area (TPSA) is 167 Å². The normalized spacial score (nSPS) is 21.6. The first kappa shape index (κ1) is 24.1. The number of aromatic nitrogens is 3. The van der Waals surface area contributed by atoms with Crippen LogP contribution in [0.25, 0.3) is 20.8 Å². The lowest BCUT2D eigenvalue weighted by molar-refractivity contribution is 0.00446. The van der Waals surface area contributed by atoms with E-state index in [0.717, 1.165) is 10.2 Å². The Balaban J connectivity index is 1.56. The summed E-state index contributed by atoms with van der Waals surface area (Å²) in [7, 11) is 0. The van der Waals surface area contributed by atoms with Crippen LogP contribution in [0.3, 0.4) is 0 Å². The Labute approximate surface area is 210 Å². The fourth-order valence-corrected chi connectivity index (χ4v) is 5.54. The Hall–Kier alpha value is -3.64. The number of rotatable bonds is 7. The highest BCUT2D eigenvalue weighted by atomic mass is 32.1. The summed E-state index contributed by atoms with van der Waals surface area (Å²) in [6, 6.07) is 14.0. The molecule has 1 saturated carbocycles. The SMILES string of the molecule is Cc1nc(Nc2cccc(C(N)=O)c2)nc(N[C@@H]2CC(CO)[C@@H](O)[C@H]2O)c1-c1nc2ccccc2s1. The fourth-order valence-electron chi connectivity index (χ4n) is 4.47. The van der Waals surface area contributed by atoms with Crippen LogP contribution in [-0.4, -0.2) is 61.0 Å². The Bertz CT molecular complexity index is 1390. The molecular weight excluding hydrogens is 480 g/mol. The monoisotopic (exact) mass is 506 g/mol. The molecule has 2 heterocycles. The molecule has 0 bridgehead atoms. The first-order chi connectivity index (χ1) is 17.3. The van der Waals surface area contributed by atoms with Gasteiger partial charge in [-0.2, -0.15) is 4.98 Å². The number of hydrogen-bond donors (Lipinski definition) is 6. The van der Waals surface area contributed by atoms with Crippen molar-refractivity contribution in [2.45, 2.75) is 31.6 Å². The van der Waals surface area contributed by atoms with Crippen LogP contribution in [0, 0.1) is 12.8 Å². The van der Waals surface area contributed by atoms with Gasteiger partial charge in [-0.25, -0.2) is 9.97 Å². The second-order valence-electron chi connectivity index (χ2n) is 8.82. The number of nitrogens with two attached hydrogens (primary N) is 1. The lowest BCUT2D eigenvalue weighted by Gasteiger charge is -2.21. The summed E-state index contributed by atoms with van der Waals surface area (Å²) in [5, 5.41) is 37.6. The number of nitrogens with zero attached hydrogens (tertiary/aromatic N) is 3. The van der Waals surface area contributed by atoms with Gasteiger partial charge in [-0.1, -0.05) is 18.2 Å². The Morgan fingerprint density at radius 2 is 1.92 bits per heavy atom. The number of anilines is 3. The van der Waals surface area contributed by atoms with Crippen LogP contribution in [0.1, 0.15) is 22.5 Å². The third kappa shape index (κ3) is 4.61. The van der Waals surface area contributed by atoms with Crippen LogP contribution < -0.4 is 16.4 Å². The minimum atomic E-state index is -1.08. The zero-order chi connectivity index (χ0) is 25.4. The summed E-state index contributed by atoms with van der Waals surface area (Å²) in [4.78, 5) is 25.7. The van der Waals surface area contributed by atoms with Gasteiger partial charge in [0.2, 0.25) is 11.9 Å². The Morgan fingerprint density at radius 3 is 2.64 bits per heavy atom. The minimum absolute atomic E-state index is 0.229. The molecule has 1 unspecified atom stereocenters. The molecule has 4 aromatic rings. The van der Waals surface area contributed by atoms with E-state index in [4.69, 9.17) is 10.7 Å². The largest absolute Gasteiger partial charge is 0.396 e. The number of aryl methyl sites for hydroxylation is 1. The molecular formula is C25H26N6O4S. The molecule has 4 atom stereocenters. The summed E-state index contributed by atoms with van der Waals surface area (Å²) in [5.41, 5.74) is 8.51. The molecule has 7 N–H and O–H groups in total. The molecule has 186 valence electrons. The van der Waals surface area contributed by atoms with E-state index in [1.54, 1.807) is 24.3 Å². The van der Waals surface area contributed by atoms with Gasteiger partial charge >= 0.3 is 0 Å². The van der Waals surface area contributed by atoms with Gasteiger partial charge in [0.25, 0.3) is 0 Å². The maximum atomic E-state index is 11.6. The molecule has 0 spiro atoms. The highest BCUT2D eigenvalue weighted by molar-refractivity contribution is 7.21. The van der Waals surface area contributed by atoms with Crippen molar-refractivity contribution in [3.8, 4) is 10.6 Å². The van der Waals surface area contributed by atoms with Crippen LogP contribution >= 0.6 is 11.3 Å². The van der Waals surface area contributed by atoms with Crippen molar-refractivity contribution in [1.29, 1.82) is 0 Å². The number of aliphatic hydroxyl groups is 3. The number of amides is 1. The number of aliphatic hydroxyl groups excluding tert-OH is 3. The first-order valence-corrected chi connectivity index (χ1v) is 12.3. The standard InChI is InChI=1S/C25H26N6O4S/c1-12-19(24-30-16-7-2-3-8-18(16)36-24)23(29-17-10-14(11-32)20(33)21(17)34)31-25(27-12)28-15-6-4-5-13(9-15)22(26)35/h2-9,14,17,20-21,32-34H,10-11H2,1H3,(H2,26,35)(H2,27,28,29,31)/t14?,17-,20-,21+/m1/s1. The Morgan fingerprint density at radius 1 is 1.11 bits per heavy atom. The summed E-state index contributed by atoms with van der Waals surface area (Å²) < 4.78 is 1.01. The van der Waals surface area contributed by atoms with Gasteiger partial charge in [0, 0.05) is 23.8 Å². The van der Waals surface area contributed by atoms with Gasteiger partial charge < -0.3 is 31.7 Å². The number of benzene rings is 2. The molecule has 0 aliphatic heterocycles. The zero-order valence-corrected chi connectivity index (χ0v) is 20.2. The molecule has 36 heavy (non-hydrogen) atoms. The van der Waals surface area contributed by atoms with E-state index in [0.29, 0.717) is 39.8 Å². The van der Waals surface area contributed by atoms with Crippen molar-refractivity contribution in [3.05, 3.63) is 59.8 Å². The molecule has 10 nitrogen and oxygen atoms in total. The second kappa shape index (κ2) is 9.78. The lowest BCUT2D eigenvalue weighted by Crippen LogP contribution is -2.35. The number of carbonyl (C=O) groups is 1. The van der Waals surface area contributed by atoms with E-state index < -0.39 is 30.1 Å². The number of thiazole rings is 1. The average Bonchev–Trinajstić information content (AvgIpc) is 3.40. The number of fused-ring (bicyclic) bond motifs is 1. The maximum absolute atomic E-state index is 11.6. The van der Waals surface area contributed by atoms with Gasteiger partial charge in [-0.05, 0) is 43.7 Å². The van der Waals surface area contributed by atoms with E-state index in [9.17, 15) is 20.1 Å². The second-order valence-corrected chi connectivity index (χ2v) is 9.85. The van der Waals surface area contributed by atoms with Crippen LogP contribution in [0.15, 0.2) is 48.5 Å². The Kier molecular flexibility index (Phi) is 6.54. The third-order valence-corrected chi connectivity index (χ3v) is 7.41. The average molecular weight is 507 g/mol. The number of primary amides is 1. The molecule has 2 aromatic heterocycles. The molecule has 11 heteroatoms. The quantitative estimate of drug-likeness (QED) is 0.221. The molecule has 5 rings (SSSR count). The minimum Gasteiger partial charge on any atom is -0.396 e.